The minimum absolute atomic E-state index is 0.0963. The minimum atomic E-state index is -3.26. The molecule has 6 nitrogen and oxygen atoms in total. The number of hydrogen-bond acceptors (Lipinski definition) is 6. The topological polar surface area (TPSA) is 60.0 Å². The molecule has 3 heterocycles. The van der Waals surface area contributed by atoms with E-state index in [1.54, 1.807) is 6.07 Å². The van der Waals surface area contributed by atoms with E-state index in [4.69, 9.17) is 14.2 Å². The number of likely N-dealkylation sites (tertiary alicyclic amines) is 1. The molecule has 0 aromatic heterocycles. The van der Waals surface area contributed by atoms with E-state index in [9.17, 15) is 4.79 Å². The lowest BCUT2D eigenvalue weighted by Crippen LogP contribution is -2.49. The maximum absolute atomic E-state index is 15.1. The van der Waals surface area contributed by atoms with E-state index in [0.717, 1.165) is 37.9 Å². The van der Waals surface area contributed by atoms with Gasteiger partial charge in [-0.15, -0.1) is 0 Å². The Labute approximate surface area is 220 Å². The lowest BCUT2D eigenvalue weighted by molar-refractivity contribution is -0.234. The van der Waals surface area contributed by atoms with Gasteiger partial charge in [-0.3, -0.25) is 4.90 Å². The highest BCUT2D eigenvalue weighted by atomic mass is 19.3. The van der Waals surface area contributed by atoms with E-state index in [2.05, 4.69) is 31.0 Å². The second kappa shape index (κ2) is 12.7. The van der Waals surface area contributed by atoms with Gasteiger partial charge in [-0.25, -0.2) is 4.79 Å². The smallest absolute Gasteiger partial charge is 0.433 e. The van der Waals surface area contributed by atoms with Crippen molar-refractivity contribution in [3.05, 3.63) is 23.3 Å². The van der Waals surface area contributed by atoms with Crippen LogP contribution < -0.4 is 14.8 Å². The monoisotopic (exact) mass is 522 g/mol. The van der Waals surface area contributed by atoms with Gasteiger partial charge >= 0.3 is 12.3 Å². The maximum atomic E-state index is 15.1. The van der Waals surface area contributed by atoms with Gasteiger partial charge in [0, 0.05) is 24.6 Å². The summed E-state index contributed by atoms with van der Waals surface area (Å²) >= 11 is 0. The number of carbonyl (C=O) groups excluding carboxylic acids is 1. The molecule has 4 rings (SSSR count). The lowest BCUT2D eigenvalue weighted by Gasteiger charge is -2.42. The van der Waals surface area contributed by atoms with Crippen LogP contribution in [0.3, 0.4) is 0 Å². The van der Waals surface area contributed by atoms with Crippen molar-refractivity contribution in [1.29, 1.82) is 0 Å². The molecule has 3 aliphatic heterocycles. The Kier molecular flexibility index (Phi) is 9.67. The predicted octanol–water partition coefficient (Wildman–Crippen LogP) is 6.69. The van der Waals surface area contributed by atoms with Gasteiger partial charge < -0.3 is 19.5 Å². The Bertz CT molecular complexity index is 906. The van der Waals surface area contributed by atoms with Crippen LogP contribution >= 0.6 is 0 Å². The summed E-state index contributed by atoms with van der Waals surface area (Å²) in [7, 11) is 0. The summed E-state index contributed by atoms with van der Waals surface area (Å²) in [4.78, 5) is 15.0. The van der Waals surface area contributed by atoms with Crippen LogP contribution in [0, 0.1) is 11.8 Å². The standard InChI is InChI=1S/C29H44F2N2O4/c1-4-5-7-10-20(2)21(3)22-17-25(36-28(34)35-16-15-33-13-8-6-9-14-33)27-23-19-32-12-11-24(23)29(30,31)37-26(27)18-22/h17-18,20-21,23-24,32H,4-16,19H2,1-3H3. The zero-order chi connectivity index (χ0) is 26.4. The molecule has 2 fully saturated rings. The van der Waals surface area contributed by atoms with Crippen molar-refractivity contribution in [2.24, 2.45) is 11.8 Å². The highest BCUT2D eigenvalue weighted by Crippen LogP contribution is 2.53. The number of hydrogen-bond donors (Lipinski definition) is 1. The molecular weight excluding hydrogens is 478 g/mol. The van der Waals surface area contributed by atoms with Crippen LogP contribution in [0.4, 0.5) is 13.6 Å². The third-order valence-corrected chi connectivity index (χ3v) is 8.57. The van der Waals surface area contributed by atoms with Crippen molar-refractivity contribution in [1.82, 2.24) is 10.2 Å². The number of ether oxygens (including phenoxy) is 3. The Morgan fingerprint density at radius 3 is 2.76 bits per heavy atom. The zero-order valence-corrected chi connectivity index (χ0v) is 22.7. The summed E-state index contributed by atoms with van der Waals surface area (Å²) in [5.41, 5.74) is 1.39. The van der Waals surface area contributed by atoms with Crippen LogP contribution in [0.25, 0.3) is 0 Å². The number of piperidine rings is 2. The van der Waals surface area contributed by atoms with Gasteiger partial charge in [0.25, 0.3) is 0 Å². The number of rotatable bonds is 10. The first kappa shape index (κ1) is 28.1. The molecular formula is C29H44F2N2O4. The average Bonchev–Trinajstić information content (AvgIpc) is 2.88. The number of alkyl halides is 2. The van der Waals surface area contributed by atoms with Gasteiger partial charge in [-0.2, -0.15) is 8.78 Å². The number of fused-ring (bicyclic) bond motifs is 3. The fraction of sp³-hybridized carbons (Fsp3) is 0.759. The predicted molar refractivity (Wildman–Crippen MR) is 140 cm³/mol. The minimum Gasteiger partial charge on any atom is -0.433 e. The number of benzene rings is 1. The van der Waals surface area contributed by atoms with Gasteiger partial charge in [0.05, 0.1) is 5.92 Å². The first-order valence-corrected chi connectivity index (χ1v) is 14.3. The van der Waals surface area contributed by atoms with Crippen LogP contribution in [-0.4, -0.2) is 56.5 Å². The number of carbonyl (C=O) groups is 1. The van der Waals surface area contributed by atoms with E-state index in [1.165, 1.54) is 25.7 Å². The third-order valence-electron chi connectivity index (χ3n) is 8.57. The molecule has 37 heavy (non-hydrogen) atoms. The van der Waals surface area contributed by atoms with Crippen molar-refractivity contribution >= 4 is 6.16 Å². The summed E-state index contributed by atoms with van der Waals surface area (Å²) in [6.07, 6.45) is 4.31. The van der Waals surface area contributed by atoms with Crippen LogP contribution in [0.1, 0.15) is 95.1 Å². The van der Waals surface area contributed by atoms with Crippen molar-refractivity contribution in [2.45, 2.75) is 90.1 Å². The second-order valence-electron chi connectivity index (χ2n) is 11.2. The first-order chi connectivity index (χ1) is 17.8. The van der Waals surface area contributed by atoms with Gasteiger partial charge in [0.2, 0.25) is 0 Å². The molecule has 1 aromatic rings. The number of nitrogens with zero attached hydrogens (tertiary/aromatic N) is 1. The van der Waals surface area contributed by atoms with Gasteiger partial charge in [0.15, 0.2) is 0 Å². The Morgan fingerprint density at radius 2 is 2.00 bits per heavy atom. The van der Waals surface area contributed by atoms with Crippen molar-refractivity contribution in [3.63, 3.8) is 0 Å². The molecule has 0 radical (unpaired) electrons. The van der Waals surface area contributed by atoms with E-state index >= 15 is 8.78 Å². The Hall–Kier alpha value is -1.93. The molecule has 1 aromatic carbocycles. The van der Waals surface area contributed by atoms with Crippen LogP contribution in [-0.2, 0) is 4.74 Å². The average molecular weight is 523 g/mol. The van der Waals surface area contributed by atoms with Crippen molar-refractivity contribution in [3.8, 4) is 11.5 Å². The zero-order valence-electron chi connectivity index (χ0n) is 22.7. The second-order valence-corrected chi connectivity index (χ2v) is 11.2. The number of halogens is 2. The molecule has 0 amide bonds. The highest BCUT2D eigenvalue weighted by molar-refractivity contribution is 5.66. The van der Waals surface area contributed by atoms with E-state index < -0.39 is 24.1 Å². The molecule has 4 atom stereocenters. The molecule has 0 aliphatic carbocycles. The first-order valence-electron chi connectivity index (χ1n) is 14.3. The molecule has 2 saturated heterocycles. The van der Waals surface area contributed by atoms with Crippen LogP contribution in [0.5, 0.6) is 11.5 Å². The molecule has 8 heteroatoms. The lowest BCUT2D eigenvalue weighted by atomic mass is 9.76. The SMILES string of the molecule is CCCCCC(C)C(C)c1cc(OC(=O)OCCN2CCCCC2)c2c(c1)OC(F)(F)C1CCNCC21. The molecule has 3 aliphatic rings. The van der Waals surface area contributed by atoms with Crippen LogP contribution in [0.15, 0.2) is 12.1 Å². The molecule has 0 spiro atoms. The fourth-order valence-corrected chi connectivity index (χ4v) is 6.06. The molecule has 1 N–H and O–H groups in total. The van der Waals surface area contributed by atoms with Crippen molar-refractivity contribution in [2.75, 3.05) is 39.3 Å². The summed E-state index contributed by atoms with van der Waals surface area (Å²) in [5.74, 6) is -0.611. The third kappa shape index (κ3) is 6.94. The van der Waals surface area contributed by atoms with E-state index in [1.807, 2.05) is 6.07 Å². The van der Waals surface area contributed by atoms with Crippen molar-refractivity contribution < 1.29 is 27.8 Å². The maximum Gasteiger partial charge on any atom is 0.513 e. The summed E-state index contributed by atoms with van der Waals surface area (Å²) in [5, 5.41) is 3.23. The normalized spacial score (nSPS) is 24.8. The number of nitrogens with one attached hydrogen (secondary N) is 1. The van der Waals surface area contributed by atoms with Gasteiger partial charge in [0.1, 0.15) is 18.1 Å². The largest absolute Gasteiger partial charge is 0.513 e. The van der Waals surface area contributed by atoms with Crippen LogP contribution in [0.2, 0.25) is 0 Å². The fourth-order valence-electron chi connectivity index (χ4n) is 6.06. The van der Waals surface area contributed by atoms with Gasteiger partial charge in [-0.05, 0) is 68.4 Å². The molecule has 0 saturated carbocycles. The summed E-state index contributed by atoms with van der Waals surface area (Å²) in [6, 6.07) is 3.59. The number of unbranched alkanes of at least 4 members (excludes halogenated alkanes) is 2. The van der Waals surface area contributed by atoms with E-state index in [-0.39, 0.29) is 24.0 Å². The summed E-state index contributed by atoms with van der Waals surface area (Å²) in [6.45, 7) is 10.3. The quantitative estimate of drug-likeness (QED) is 0.210. The van der Waals surface area contributed by atoms with E-state index in [0.29, 0.717) is 37.5 Å². The molecule has 208 valence electrons. The highest BCUT2D eigenvalue weighted by Gasteiger charge is 2.53. The Morgan fingerprint density at radius 1 is 1.22 bits per heavy atom. The van der Waals surface area contributed by atoms with Gasteiger partial charge in [-0.1, -0.05) is 52.9 Å². The Balaban J connectivity index is 1.55. The molecule has 0 bridgehead atoms. The summed E-state index contributed by atoms with van der Waals surface area (Å²) < 4.78 is 46.7. The molecule has 4 unspecified atom stereocenters.